The highest BCUT2D eigenvalue weighted by Gasteiger charge is 2.27. The smallest absolute Gasteiger partial charge is 0.243 e. The van der Waals surface area contributed by atoms with Crippen LogP contribution < -0.4 is 15.4 Å². The Morgan fingerprint density at radius 2 is 1.55 bits per heavy atom. The van der Waals surface area contributed by atoms with Crippen LogP contribution in [-0.4, -0.2) is 45.9 Å². The normalized spacial score (nSPS) is 15.1. The first-order valence-corrected chi connectivity index (χ1v) is 11.6. The number of guanidine groups is 1. The summed E-state index contributed by atoms with van der Waals surface area (Å²) < 4.78 is 33.3. The second-order valence-corrected chi connectivity index (χ2v) is 9.07. The van der Waals surface area contributed by atoms with E-state index in [1.165, 1.54) is 0 Å². The Kier molecular flexibility index (Phi) is 10.0. The van der Waals surface area contributed by atoms with E-state index in [-0.39, 0.29) is 24.0 Å². The lowest BCUT2D eigenvalue weighted by molar-refractivity contribution is 0.346. The van der Waals surface area contributed by atoms with Crippen LogP contribution in [0.3, 0.4) is 0 Å². The second-order valence-electron chi connectivity index (χ2n) is 7.16. The van der Waals surface area contributed by atoms with Crippen molar-refractivity contribution >= 4 is 40.0 Å². The summed E-state index contributed by atoms with van der Waals surface area (Å²) in [6, 6.07) is 14.9. The zero-order chi connectivity index (χ0) is 21.4. The molecule has 9 heteroatoms. The van der Waals surface area contributed by atoms with Crippen LogP contribution in [0.25, 0.3) is 0 Å². The number of ether oxygens (including phenoxy) is 1. The van der Waals surface area contributed by atoms with Crippen molar-refractivity contribution in [3.63, 3.8) is 0 Å². The maximum Gasteiger partial charge on any atom is 0.243 e. The fraction of sp³-hybridized carbons (Fsp3) is 0.409. The Morgan fingerprint density at radius 1 is 0.968 bits per heavy atom. The fourth-order valence-corrected chi connectivity index (χ4v) is 5.31. The molecule has 0 saturated carbocycles. The van der Waals surface area contributed by atoms with Gasteiger partial charge in [0.2, 0.25) is 10.0 Å². The molecule has 0 bridgehead atoms. The molecule has 0 atom stereocenters. The van der Waals surface area contributed by atoms with Gasteiger partial charge in [-0.15, -0.1) is 24.0 Å². The number of hydrogen-bond acceptors (Lipinski definition) is 4. The molecule has 1 aliphatic rings. The Balaban J connectivity index is 0.00000341. The van der Waals surface area contributed by atoms with Crippen molar-refractivity contribution in [1.82, 2.24) is 14.9 Å². The van der Waals surface area contributed by atoms with Gasteiger partial charge in [-0.2, -0.15) is 4.31 Å². The SMILES string of the molecule is CN=C(NCc1ccccc1OC)NCc1ccccc1S(=O)(=O)N1CCCCC1.I. The lowest BCUT2D eigenvalue weighted by atomic mass is 10.2. The number of para-hydroxylation sites is 1. The minimum Gasteiger partial charge on any atom is -0.496 e. The first kappa shape index (κ1) is 25.4. The number of nitrogens with one attached hydrogen (secondary N) is 2. The molecular weight excluding hydrogens is 527 g/mol. The fourth-order valence-electron chi connectivity index (χ4n) is 3.57. The van der Waals surface area contributed by atoms with Crippen molar-refractivity contribution in [2.45, 2.75) is 37.2 Å². The molecule has 0 spiro atoms. The van der Waals surface area contributed by atoms with Crippen LogP contribution in [0.4, 0.5) is 0 Å². The molecular formula is C22H31IN4O3S. The molecule has 2 aromatic rings. The number of methoxy groups -OCH3 is 1. The van der Waals surface area contributed by atoms with Crippen molar-refractivity contribution in [3.05, 3.63) is 59.7 Å². The van der Waals surface area contributed by atoms with E-state index in [4.69, 9.17) is 4.74 Å². The topological polar surface area (TPSA) is 83.0 Å². The summed E-state index contributed by atoms with van der Waals surface area (Å²) in [7, 11) is -0.162. The lowest BCUT2D eigenvalue weighted by Gasteiger charge is -2.27. The highest BCUT2D eigenvalue weighted by molar-refractivity contribution is 14.0. The summed E-state index contributed by atoms with van der Waals surface area (Å²) in [6.07, 6.45) is 2.92. The third-order valence-electron chi connectivity index (χ3n) is 5.21. The Hall–Kier alpha value is -1.85. The summed E-state index contributed by atoms with van der Waals surface area (Å²) in [6.45, 7) is 2.07. The molecule has 1 aliphatic heterocycles. The third kappa shape index (κ3) is 6.56. The first-order valence-electron chi connectivity index (χ1n) is 10.2. The van der Waals surface area contributed by atoms with E-state index in [0.717, 1.165) is 36.1 Å². The van der Waals surface area contributed by atoms with Gasteiger partial charge in [0.1, 0.15) is 5.75 Å². The van der Waals surface area contributed by atoms with Gasteiger partial charge in [0.05, 0.1) is 12.0 Å². The van der Waals surface area contributed by atoms with E-state index in [1.807, 2.05) is 36.4 Å². The number of rotatable bonds is 7. The van der Waals surface area contributed by atoms with Crippen LogP contribution in [-0.2, 0) is 23.1 Å². The molecule has 0 aromatic heterocycles. The Bertz CT molecular complexity index is 976. The van der Waals surface area contributed by atoms with Crippen LogP contribution in [0.15, 0.2) is 58.4 Å². The van der Waals surface area contributed by atoms with Crippen molar-refractivity contribution in [1.29, 1.82) is 0 Å². The molecule has 3 rings (SSSR count). The highest BCUT2D eigenvalue weighted by Crippen LogP contribution is 2.23. The maximum atomic E-state index is 13.1. The van der Waals surface area contributed by atoms with Crippen LogP contribution in [0.5, 0.6) is 5.75 Å². The number of sulfonamides is 1. The van der Waals surface area contributed by atoms with Crippen LogP contribution >= 0.6 is 24.0 Å². The predicted octanol–water partition coefficient (Wildman–Crippen LogP) is 3.35. The number of benzene rings is 2. The molecule has 0 aliphatic carbocycles. The molecule has 1 saturated heterocycles. The monoisotopic (exact) mass is 558 g/mol. The molecule has 170 valence electrons. The van der Waals surface area contributed by atoms with E-state index in [9.17, 15) is 8.42 Å². The van der Waals surface area contributed by atoms with Gasteiger partial charge in [-0.3, -0.25) is 4.99 Å². The average Bonchev–Trinajstić information content (AvgIpc) is 2.80. The summed E-state index contributed by atoms with van der Waals surface area (Å²) in [5.74, 6) is 1.39. The van der Waals surface area contributed by atoms with Crippen LogP contribution in [0.2, 0.25) is 0 Å². The molecule has 31 heavy (non-hydrogen) atoms. The van der Waals surface area contributed by atoms with E-state index >= 15 is 0 Å². The number of nitrogens with zero attached hydrogens (tertiary/aromatic N) is 2. The zero-order valence-corrected chi connectivity index (χ0v) is 21.2. The second kappa shape index (κ2) is 12.3. The van der Waals surface area contributed by atoms with Gasteiger partial charge >= 0.3 is 0 Å². The van der Waals surface area contributed by atoms with E-state index in [2.05, 4.69) is 15.6 Å². The quantitative estimate of drug-likeness (QED) is 0.310. The number of piperidine rings is 1. The summed E-state index contributed by atoms with van der Waals surface area (Å²) in [4.78, 5) is 4.61. The van der Waals surface area contributed by atoms with Gasteiger partial charge in [0.25, 0.3) is 0 Å². The summed E-state index contributed by atoms with van der Waals surface area (Å²) >= 11 is 0. The van der Waals surface area contributed by atoms with E-state index < -0.39 is 10.0 Å². The van der Waals surface area contributed by atoms with Gasteiger partial charge in [-0.1, -0.05) is 42.8 Å². The summed E-state index contributed by atoms with van der Waals surface area (Å²) in [5.41, 5.74) is 1.74. The molecule has 2 N–H and O–H groups in total. The molecule has 0 amide bonds. The van der Waals surface area contributed by atoms with Crippen molar-refractivity contribution in [2.75, 3.05) is 27.2 Å². The molecule has 0 radical (unpaired) electrons. The number of hydrogen-bond donors (Lipinski definition) is 2. The Labute approximate surface area is 202 Å². The largest absolute Gasteiger partial charge is 0.496 e. The van der Waals surface area contributed by atoms with Gasteiger partial charge in [0, 0.05) is 38.8 Å². The molecule has 1 heterocycles. The van der Waals surface area contributed by atoms with Crippen molar-refractivity contribution in [2.24, 2.45) is 4.99 Å². The minimum absolute atomic E-state index is 0. The standard InChI is InChI=1S/C22H30N4O3S.HI/c1-23-22(24-16-18-10-4-6-12-20(18)29-2)25-17-19-11-5-7-13-21(19)30(27,28)26-14-8-3-9-15-26;/h4-7,10-13H,3,8-9,14-17H2,1-2H3,(H2,23,24,25);1H. The van der Waals surface area contributed by atoms with Crippen LogP contribution in [0.1, 0.15) is 30.4 Å². The predicted molar refractivity (Wildman–Crippen MR) is 134 cm³/mol. The van der Waals surface area contributed by atoms with Gasteiger partial charge < -0.3 is 15.4 Å². The summed E-state index contributed by atoms with van der Waals surface area (Å²) in [5, 5.41) is 6.48. The molecule has 2 aromatic carbocycles. The third-order valence-corrected chi connectivity index (χ3v) is 7.21. The Morgan fingerprint density at radius 3 is 2.19 bits per heavy atom. The van der Waals surface area contributed by atoms with E-state index in [0.29, 0.717) is 37.0 Å². The van der Waals surface area contributed by atoms with Gasteiger partial charge in [-0.25, -0.2) is 8.42 Å². The first-order chi connectivity index (χ1) is 14.6. The lowest BCUT2D eigenvalue weighted by Crippen LogP contribution is -2.38. The maximum absolute atomic E-state index is 13.1. The van der Waals surface area contributed by atoms with E-state index in [1.54, 1.807) is 30.6 Å². The zero-order valence-electron chi connectivity index (χ0n) is 18.0. The van der Waals surface area contributed by atoms with Gasteiger partial charge in [-0.05, 0) is 30.5 Å². The number of aliphatic imine (C=N–C) groups is 1. The molecule has 0 unspecified atom stereocenters. The molecule has 7 nitrogen and oxygen atoms in total. The van der Waals surface area contributed by atoms with Crippen LogP contribution in [0, 0.1) is 0 Å². The average molecular weight is 558 g/mol. The number of halogens is 1. The molecule has 1 fully saturated rings. The minimum atomic E-state index is -3.50. The van der Waals surface area contributed by atoms with Crippen molar-refractivity contribution in [3.8, 4) is 5.75 Å². The highest BCUT2D eigenvalue weighted by atomic mass is 127. The van der Waals surface area contributed by atoms with Gasteiger partial charge in [0.15, 0.2) is 5.96 Å². The van der Waals surface area contributed by atoms with Crippen molar-refractivity contribution < 1.29 is 13.2 Å².